The van der Waals surface area contributed by atoms with Crippen molar-refractivity contribution in [3.8, 4) is 11.8 Å². The highest BCUT2D eigenvalue weighted by Crippen LogP contribution is 2.26. The van der Waals surface area contributed by atoms with E-state index < -0.39 is 5.97 Å². The number of rotatable bonds is 4. The number of nitrogens with zero attached hydrogens (tertiary/aromatic N) is 4. The van der Waals surface area contributed by atoms with E-state index in [9.17, 15) is 10.1 Å². The zero-order valence-corrected chi connectivity index (χ0v) is 15.7. The van der Waals surface area contributed by atoms with Gasteiger partial charge in [-0.1, -0.05) is 6.42 Å². The van der Waals surface area contributed by atoms with E-state index in [1.54, 1.807) is 10.8 Å². The van der Waals surface area contributed by atoms with E-state index in [0.29, 0.717) is 5.69 Å². The van der Waals surface area contributed by atoms with Crippen LogP contribution >= 0.6 is 0 Å². The summed E-state index contributed by atoms with van der Waals surface area (Å²) in [5.41, 5.74) is 8.90. The number of carbonyl (C=O) groups is 1. The van der Waals surface area contributed by atoms with Crippen molar-refractivity contribution in [2.45, 2.75) is 25.8 Å². The summed E-state index contributed by atoms with van der Waals surface area (Å²) in [6.07, 6.45) is 5.31. The minimum absolute atomic E-state index is 0.116. The van der Waals surface area contributed by atoms with Crippen LogP contribution in [0, 0.1) is 11.3 Å². The Morgan fingerprint density at radius 3 is 2.86 bits per heavy atom. The third kappa shape index (κ3) is 3.21. The van der Waals surface area contributed by atoms with Crippen LogP contribution < -0.4 is 5.73 Å². The summed E-state index contributed by atoms with van der Waals surface area (Å²) in [4.78, 5) is 22.6. The number of likely N-dealkylation sites (tertiary alicyclic amines) is 1. The monoisotopic (exact) mass is 378 g/mol. The van der Waals surface area contributed by atoms with Crippen molar-refractivity contribution in [2.24, 2.45) is 0 Å². The number of fused-ring (bicyclic) bond motifs is 1. The fraction of sp³-hybridized carbons (Fsp3) is 0.350. The number of nitriles is 1. The van der Waals surface area contributed by atoms with Crippen LogP contribution in [0.2, 0.25) is 0 Å². The Bertz CT molecular complexity index is 1070. The number of hydrogen-bond acceptors (Lipinski definition) is 6. The first-order valence-corrected chi connectivity index (χ1v) is 9.31. The maximum atomic E-state index is 12.2. The minimum Gasteiger partial charge on any atom is -0.464 e. The van der Waals surface area contributed by atoms with Crippen LogP contribution in [0.4, 0.5) is 5.69 Å². The number of methoxy groups -OCH3 is 1. The van der Waals surface area contributed by atoms with Crippen molar-refractivity contribution in [3.05, 3.63) is 41.5 Å². The highest BCUT2D eigenvalue weighted by atomic mass is 16.5. The smallest absolute Gasteiger partial charge is 0.357 e. The number of nitrogens with two attached hydrogens (primary N) is 1. The maximum absolute atomic E-state index is 12.2. The second-order valence-corrected chi connectivity index (χ2v) is 7.00. The van der Waals surface area contributed by atoms with Crippen molar-refractivity contribution < 1.29 is 9.53 Å². The molecule has 3 heterocycles. The quantitative estimate of drug-likeness (QED) is 0.675. The molecule has 1 aromatic carbocycles. The van der Waals surface area contributed by atoms with E-state index in [0.717, 1.165) is 36.5 Å². The standard InChI is InChI=1S/C20H22N6O2/c1-28-20(27)19-18(22)13(10-21)11-26(19)14-5-6-15-16(9-14)24-17(23-15)12-25-7-3-2-4-8-25/h5-6,9,11H,2-4,7-8,12,22H2,1H3,(H,23,24). The third-order valence-corrected chi connectivity index (χ3v) is 5.16. The SMILES string of the molecule is COC(=O)c1c(N)c(C#N)cn1-c1ccc2nc(CN3CCCCC3)[nH]c2c1. The number of aromatic nitrogens is 3. The van der Waals surface area contributed by atoms with E-state index in [4.69, 9.17) is 10.5 Å². The van der Waals surface area contributed by atoms with Crippen LogP contribution in [-0.2, 0) is 11.3 Å². The van der Waals surface area contributed by atoms with E-state index in [2.05, 4.69) is 14.9 Å². The molecule has 1 fully saturated rings. The van der Waals surface area contributed by atoms with Crippen LogP contribution in [0.5, 0.6) is 0 Å². The lowest BCUT2D eigenvalue weighted by Crippen LogP contribution is -2.29. The number of aromatic amines is 1. The summed E-state index contributed by atoms with van der Waals surface area (Å²) in [5, 5.41) is 9.27. The van der Waals surface area contributed by atoms with E-state index >= 15 is 0 Å². The Balaban J connectivity index is 1.70. The van der Waals surface area contributed by atoms with Crippen molar-refractivity contribution in [3.63, 3.8) is 0 Å². The molecule has 0 aliphatic carbocycles. The van der Waals surface area contributed by atoms with Gasteiger partial charge < -0.3 is 20.0 Å². The first-order chi connectivity index (χ1) is 13.6. The summed E-state index contributed by atoms with van der Waals surface area (Å²) < 4.78 is 6.43. The molecule has 1 saturated heterocycles. The number of H-pyrrole nitrogens is 1. The number of esters is 1. The third-order valence-electron chi connectivity index (χ3n) is 5.16. The summed E-state index contributed by atoms with van der Waals surface area (Å²) in [5.74, 6) is 0.335. The molecule has 0 bridgehead atoms. The highest BCUT2D eigenvalue weighted by molar-refractivity contribution is 5.96. The molecule has 0 saturated carbocycles. The number of nitrogens with one attached hydrogen (secondary N) is 1. The summed E-state index contributed by atoms with van der Waals surface area (Å²) in [6.45, 7) is 3.00. The number of imidazole rings is 1. The summed E-state index contributed by atoms with van der Waals surface area (Å²) >= 11 is 0. The van der Waals surface area contributed by atoms with Gasteiger partial charge in [-0.15, -0.1) is 0 Å². The van der Waals surface area contributed by atoms with E-state index in [1.165, 1.54) is 26.4 Å². The van der Waals surface area contributed by atoms with Gasteiger partial charge in [-0.25, -0.2) is 9.78 Å². The molecule has 3 N–H and O–H groups in total. The predicted octanol–water partition coefficient (Wildman–Crippen LogP) is 2.58. The zero-order valence-electron chi connectivity index (χ0n) is 15.7. The predicted molar refractivity (Wildman–Crippen MR) is 105 cm³/mol. The van der Waals surface area contributed by atoms with Gasteiger partial charge in [0.05, 0.1) is 35.9 Å². The molecule has 144 valence electrons. The number of nitrogen functional groups attached to an aromatic ring is 1. The molecule has 0 radical (unpaired) electrons. The first kappa shape index (κ1) is 18.1. The molecule has 0 spiro atoms. The molecular weight excluding hydrogens is 356 g/mol. The number of carbonyl (C=O) groups excluding carboxylic acids is 1. The molecule has 8 nitrogen and oxygen atoms in total. The molecule has 0 amide bonds. The molecule has 28 heavy (non-hydrogen) atoms. The molecule has 0 atom stereocenters. The largest absolute Gasteiger partial charge is 0.464 e. The van der Waals surface area contributed by atoms with Gasteiger partial charge in [-0.2, -0.15) is 5.26 Å². The normalized spacial score (nSPS) is 14.9. The van der Waals surface area contributed by atoms with Crippen molar-refractivity contribution in [1.29, 1.82) is 5.26 Å². The molecule has 1 aliphatic heterocycles. The first-order valence-electron chi connectivity index (χ1n) is 9.31. The average Bonchev–Trinajstić information content (AvgIpc) is 3.27. The Kier molecular flexibility index (Phi) is 4.75. The van der Waals surface area contributed by atoms with Gasteiger partial charge >= 0.3 is 5.97 Å². The molecular formula is C20H22N6O2. The molecule has 2 aromatic heterocycles. The fourth-order valence-corrected chi connectivity index (χ4v) is 3.72. The van der Waals surface area contributed by atoms with Crippen LogP contribution in [0.3, 0.4) is 0 Å². The van der Waals surface area contributed by atoms with Crippen LogP contribution in [0.1, 0.15) is 41.1 Å². The number of ether oxygens (including phenoxy) is 1. The van der Waals surface area contributed by atoms with Gasteiger partial charge in [0.15, 0.2) is 5.69 Å². The van der Waals surface area contributed by atoms with E-state index in [1.807, 2.05) is 24.3 Å². The van der Waals surface area contributed by atoms with E-state index in [-0.39, 0.29) is 16.9 Å². The van der Waals surface area contributed by atoms with Crippen molar-refractivity contribution in [1.82, 2.24) is 19.4 Å². The zero-order chi connectivity index (χ0) is 19.7. The lowest BCUT2D eigenvalue weighted by atomic mass is 10.1. The van der Waals surface area contributed by atoms with Gasteiger partial charge in [0.25, 0.3) is 0 Å². The van der Waals surface area contributed by atoms with Crippen molar-refractivity contribution >= 4 is 22.7 Å². The average molecular weight is 378 g/mol. The van der Waals surface area contributed by atoms with Gasteiger partial charge in [0.1, 0.15) is 11.9 Å². The summed E-state index contributed by atoms with van der Waals surface area (Å²) in [6, 6.07) is 7.65. The Labute approximate surface area is 162 Å². The summed E-state index contributed by atoms with van der Waals surface area (Å²) in [7, 11) is 1.29. The van der Waals surface area contributed by atoms with Crippen molar-refractivity contribution in [2.75, 3.05) is 25.9 Å². The lowest BCUT2D eigenvalue weighted by Gasteiger charge is -2.25. The Morgan fingerprint density at radius 2 is 2.14 bits per heavy atom. The van der Waals surface area contributed by atoms with Gasteiger partial charge in [-0.05, 0) is 44.1 Å². The van der Waals surface area contributed by atoms with Gasteiger partial charge in [-0.3, -0.25) is 4.90 Å². The maximum Gasteiger partial charge on any atom is 0.357 e. The Morgan fingerprint density at radius 1 is 1.36 bits per heavy atom. The topological polar surface area (TPSA) is 113 Å². The number of benzene rings is 1. The second-order valence-electron chi connectivity index (χ2n) is 7.00. The van der Waals surface area contributed by atoms with Crippen LogP contribution in [-0.4, -0.2) is 45.6 Å². The minimum atomic E-state index is -0.588. The van der Waals surface area contributed by atoms with Crippen LogP contribution in [0.15, 0.2) is 24.4 Å². The fourth-order valence-electron chi connectivity index (χ4n) is 3.72. The molecule has 1 aliphatic rings. The number of hydrogen-bond donors (Lipinski definition) is 2. The lowest BCUT2D eigenvalue weighted by molar-refractivity contribution is 0.0593. The Hall–Kier alpha value is -3.31. The molecule has 3 aromatic rings. The van der Waals surface area contributed by atoms with Gasteiger partial charge in [0.2, 0.25) is 0 Å². The molecule has 8 heteroatoms. The number of piperidine rings is 1. The van der Waals surface area contributed by atoms with Gasteiger partial charge in [0, 0.05) is 11.9 Å². The van der Waals surface area contributed by atoms with Crippen LogP contribution in [0.25, 0.3) is 16.7 Å². The highest BCUT2D eigenvalue weighted by Gasteiger charge is 2.22. The molecule has 4 rings (SSSR count). The molecule has 0 unspecified atom stereocenters. The second kappa shape index (κ2) is 7.37. The number of anilines is 1.